The monoisotopic (exact) mass is 254 g/mol. The van der Waals surface area contributed by atoms with E-state index < -0.39 is 0 Å². The molecule has 2 aliphatic rings. The number of nitrogens with zero attached hydrogens (tertiary/aromatic N) is 1. The number of amides is 1. The molecule has 0 spiro atoms. The van der Waals surface area contributed by atoms with Crippen LogP contribution in [0.1, 0.15) is 39.0 Å². The van der Waals surface area contributed by atoms with Crippen molar-refractivity contribution in [1.29, 1.82) is 0 Å². The Kier molecular flexibility index (Phi) is 4.62. The van der Waals surface area contributed by atoms with Gasteiger partial charge in [-0.15, -0.1) is 0 Å². The number of hydrogen-bond acceptors (Lipinski definition) is 3. The van der Waals surface area contributed by atoms with Crippen molar-refractivity contribution >= 4 is 5.91 Å². The van der Waals surface area contributed by atoms with Crippen molar-refractivity contribution in [1.82, 2.24) is 4.90 Å². The number of carbonyl (C=O) groups is 1. The SMILES string of the molecule is CC1CC(N)CC(C(=O)N2CCCC(CO)C2)C1. The Morgan fingerprint density at radius 3 is 2.83 bits per heavy atom. The Morgan fingerprint density at radius 2 is 2.17 bits per heavy atom. The smallest absolute Gasteiger partial charge is 0.225 e. The van der Waals surface area contributed by atoms with Crippen LogP contribution >= 0.6 is 0 Å². The van der Waals surface area contributed by atoms with Crippen LogP contribution in [0.25, 0.3) is 0 Å². The van der Waals surface area contributed by atoms with Gasteiger partial charge in [0.2, 0.25) is 5.91 Å². The largest absolute Gasteiger partial charge is 0.396 e. The highest BCUT2D eigenvalue weighted by Gasteiger charge is 2.33. The molecule has 4 unspecified atom stereocenters. The van der Waals surface area contributed by atoms with Gasteiger partial charge >= 0.3 is 0 Å². The summed E-state index contributed by atoms with van der Waals surface area (Å²) in [6.45, 7) is 3.97. The predicted octanol–water partition coefficient (Wildman–Crippen LogP) is 0.981. The van der Waals surface area contributed by atoms with E-state index in [0.717, 1.165) is 45.2 Å². The van der Waals surface area contributed by atoms with Crippen molar-refractivity contribution in [3.05, 3.63) is 0 Å². The standard InChI is InChI=1S/C14H26N2O2/c1-10-5-12(7-13(15)6-10)14(18)16-4-2-3-11(8-16)9-17/h10-13,17H,2-9,15H2,1H3. The van der Waals surface area contributed by atoms with Crippen molar-refractivity contribution < 1.29 is 9.90 Å². The number of hydrogen-bond donors (Lipinski definition) is 2. The lowest BCUT2D eigenvalue weighted by Gasteiger charge is -2.37. The summed E-state index contributed by atoms with van der Waals surface area (Å²) in [5.41, 5.74) is 6.03. The first kappa shape index (κ1) is 13.8. The normalized spacial score (nSPS) is 37.6. The molecule has 0 aromatic heterocycles. The van der Waals surface area contributed by atoms with Gasteiger partial charge < -0.3 is 15.7 Å². The fraction of sp³-hybridized carbons (Fsp3) is 0.929. The minimum absolute atomic E-state index is 0.112. The van der Waals surface area contributed by atoms with E-state index in [-0.39, 0.29) is 30.4 Å². The van der Waals surface area contributed by atoms with Gasteiger partial charge in [-0.05, 0) is 43.9 Å². The summed E-state index contributed by atoms with van der Waals surface area (Å²) < 4.78 is 0. The number of carbonyl (C=O) groups excluding carboxylic acids is 1. The molecular weight excluding hydrogens is 228 g/mol. The molecule has 2 fully saturated rings. The van der Waals surface area contributed by atoms with Crippen LogP contribution in [-0.2, 0) is 4.79 Å². The van der Waals surface area contributed by atoms with Crippen LogP contribution in [-0.4, -0.2) is 41.7 Å². The molecule has 0 aromatic rings. The van der Waals surface area contributed by atoms with Crippen molar-refractivity contribution in [3.8, 4) is 0 Å². The molecule has 4 heteroatoms. The lowest BCUT2D eigenvalue weighted by molar-refractivity contribution is -0.139. The lowest BCUT2D eigenvalue weighted by atomic mass is 9.79. The maximum absolute atomic E-state index is 12.5. The number of piperidine rings is 1. The summed E-state index contributed by atoms with van der Waals surface area (Å²) in [7, 11) is 0. The van der Waals surface area contributed by atoms with Gasteiger partial charge in [-0.3, -0.25) is 4.79 Å². The maximum Gasteiger partial charge on any atom is 0.225 e. The van der Waals surface area contributed by atoms with Crippen molar-refractivity contribution in [2.45, 2.75) is 45.1 Å². The van der Waals surface area contributed by atoms with Crippen molar-refractivity contribution in [3.63, 3.8) is 0 Å². The zero-order valence-electron chi connectivity index (χ0n) is 11.3. The first-order valence-electron chi connectivity index (χ1n) is 7.25. The van der Waals surface area contributed by atoms with Gasteiger partial charge in [0.05, 0.1) is 0 Å². The molecule has 4 nitrogen and oxygen atoms in total. The number of aliphatic hydroxyl groups excluding tert-OH is 1. The number of aliphatic hydroxyl groups is 1. The van der Waals surface area contributed by atoms with Crippen molar-refractivity contribution in [2.75, 3.05) is 19.7 Å². The zero-order chi connectivity index (χ0) is 13.1. The van der Waals surface area contributed by atoms with E-state index >= 15 is 0 Å². The van der Waals surface area contributed by atoms with Crippen LogP contribution in [0.15, 0.2) is 0 Å². The average molecular weight is 254 g/mol. The van der Waals surface area contributed by atoms with Crippen LogP contribution in [0.2, 0.25) is 0 Å². The third-order valence-electron chi connectivity index (χ3n) is 4.42. The summed E-state index contributed by atoms with van der Waals surface area (Å²) >= 11 is 0. The highest BCUT2D eigenvalue weighted by molar-refractivity contribution is 5.79. The van der Waals surface area contributed by atoms with Gasteiger partial charge in [-0.25, -0.2) is 0 Å². The number of rotatable bonds is 2. The molecule has 1 saturated heterocycles. The summed E-state index contributed by atoms with van der Waals surface area (Å²) in [4.78, 5) is 14.5. The highest BCUT2D eigenvalue weighted by Crippen LogP contribution is 2.30. The summed E-state index contributed by atoms with van der Waals surface area (Å²) in [5.74, 6) is 1.22. The molecule has 3 N–H and O–H groups in total. The first-order chi connectivity index (χ1) is 8.60. The van der Waals surface area contributed by atoms with E-state index in [9.17, 15) is 9.90 Å². The van der Waals surface area contributed by atoms with Crippen LogP contribution in [0, 0.1) is 17.8 Å². The van der Waals surface area contributed by atoms with Crippen LogP contribution < -0.4 is 5.73 Å². The Bertz CT molecular complexity index is 286. The third kappa shape index (κ3) is 3.23. The Labute approximate surface area is 110 Å². The lowest BCUT2D eigenvalue weighted by Crippen LogP contribution is -2.46. The van der Waals surface area contributed by atoms with Gasteiger partial charge in [0.1, 0.15) is 0 Å². The molecular formula is C14H26N2O2. The highest BCUT2D eigenvalue weighted by atomic mass is 16.3. The minimum atomic E-state index is 0.112. The summed E-state index contributed by atoms with van der Waals surface area (Å²) in [6.07, 6.45) is 4.92. The fourth-order valence-electron chi connectivity index (χ4n) is 3.53. The topological polar surface area (TPSA) is 66.6 Å². The molecule has 1 saturated carbocycles. The van der Waals surface area contributed by atoms with E-state index in [0.29, 0.717) is 5.92 Å². The summed E-state index contributed by atoms with van der Waals surface area (Å²) in [6, 6.07) is 0.182. The van der Waals surface area contributed by atoms with E-state index in [4.69, 9.17) is 5.73 Å². The molecule has 1 aliphatic heterocycles. The molecule has 1 aliphatic carbocycles. The second-order valence-electron chi connectivity index (χ2n) is 6.24. The second-order valence-corrected chi connectivity index (χ2v) is 6.24. The first-order valence-corrected chi connectivity index (χ1v) is 7.25. The average Bonchev–Trinajstić information content (AvgIpc) is 2.37. The molecule has 0 radical (unpaired) electrons. The molecule has 18 heavy (non-hydrogen) atoms. The maximum atomic E-state index is 12.5. The molecule has 2 rings (SSSR count). The van der Waals surface area contributed by atoms with Gasteiger partial charge in [-0.1, -0.05) is 6.92 Å². The number of likely N-dealkylation sites (tertiary alicyclic amines) is 1. The molecule has 1 amide bonds. The molecule has 1 heterocycles. The molecule has 4 atom stereocenters. The van der Waals surface area contributed by atoms with E-state index in [1.54, 1.807) is 0 Å². The van der Waals surface area contributed by atoms with Crippen LogP contribution in [0.3, 0.4) is 0 Å². The Balaban J connectivity index is 1.93. The predicted molar refractivity (Wildman–Crippen MR) is 70.9 cm³/mol. The number of nitrogens with two attached hydrogens (primary N) is 1. The van der Waals surface area contributed by atoms with E-state index in [1.807, 2.05) is 4.90 Å². The zero-order valence-corrected chi connectivity index (χ0v) is 11.3. The summed E-state index contributed by atoms with van der Waals surface area (Å²) in [5, 5.41) is 9.23. The van der Waals surface area contributed by atoms with Gasteiger partial charge in [0, 0.05) is 31.7 Å². The third-order valence-corrected chi connectivity index (χ3v) is 4.42. The molecule has 0 bridgehead atoms. The van der Waals surface area contributed by atoms with Crippen LogP contribution in [0.4, 0.5) is 0 Å². The Hall–Kier alpha value is -0.610. The molecule has 104 valence electrons. The minimum Gasteiger partial charge on any atom is -0.396 e. The Morgan fingerprint density at radius 1 is 1.39 bits per heavy atom. The molecule has 0 aromatic carbocycles. The quantitative estimate of drug-likeness (QED) is 0.772. The van der Waals surface area contributed by atoms with E-state index in [2.05, 4.69) is 6.92 Å². The second kappa shape index (κ2) is 6.02. The van der Waals surface area contributed by atoms with Crippen LogP contribution in [0.5, 0.6) is 0 Å². The van der Waals surface area contributed by atoms with Gasteiger partial charge in [0.25, 0.3) is 0 Å². The fourth-order valence-corrected chi connectivity index (χ4v) is 3.53. The van der Waals surface area contributed by atoms with Gasteiger partial charge in [0.15, 0.2) is 0 Å². The van der Waals surface area contributed by atoms with Crippen molar-refractivity contribution in [2.24, 2.45) is 23.5 Å². The van der Waals surface area contributed by atoms with E-state index in [1.165, 1.54) is 0 Å². The van der Waals surface area contributed by atoms with Gasteiger partial charge in [-0.2, -0.15) is 0 Å².